The Morgan fingerprint density at radius 3 is 2.52 bits per heavy atom. The molecule has 2 aromatic rings. The van der Waals surface area contributed by atoms with Gasteiger partial charge in [0.2, 0.25) is 18.0 Å². The number of carbonyl (C=O) groups excluding carboxylic acids is 3. The zero-order valence-electron chi connectivity index (χ0n) is 17.9. The van der Waals surface area contributed by atoms with Gasteiger partial charge in [-0.15, -0.1) is 0 Å². The Balaban J connectivity index is 2.00. The third kappa shape index (κ3) is 5.14. The molecular weight excluding hydrogens is 394 g/mol. The summed E-state index contributed by atoms with van der Waals surface area (Å²) in [6.45, 7) is 3.92. The fraction of sp³-hybridized carbons (Fsp3) is 0.348. The van der Waals surface area contributed by atoms with Gasteiger partial charge in [0.05, 0.1) is 17.1 Å². The van der Waals surface area contributed by atoms with Crippen LogP contribution in [0.25, 0.3) is 0 Å². The molecule has 3 amide bonds. The Bertz CT molecular complexity index is 1000. The van der Waals surface area contributed by atoms with E-state index in [0.717, 1.165) is 5.56 Å². The van der Waals surface area contributed by atoms with Crippen LogP contribution in [0.5, 0.6) is 0 Å². The van der Waals surface area contributed by atoms with Gasteiger partial charge >= 0.3 is 0 Å². The monoisotopic (exact) mass is 421 g/mol. The van der Waals surface area contributed by atoms with E-state index in [4.69, 9.17) is 5.73 Å². The van der Waals surface area contributed by atoms with E-state index in [9.17, 15) is 14.4 Å². The minimum atomic E-state index is -1.15. The number of rotatable bonds is 7. The normalized spacial score (nSPS) is 16.9. The summed E-state index contributed by atoms with van der Waals surface area (Å²) >= 11 is 0. The van der Waals surface area contributed by atoms with Crippen molar-refractivity contribution in [3.05, 3.63) is 59.9 Å². The van der Waals surface area contributed by atoms with Gasteiger partial charge in [0.15, 0.2) is 0 Å². The first-order chi connectivity index (χ1) is 14.8. The number of para-hydroxylation sites is 1. The molecule has 1 aromatic heterocycles. The van der Waals surface area contributed by atoms with Gasteiger partial charge in [-0.25, -0.2) is 4.99 Å². The smallest absolute Gasteiger partial charge is 0.272 e. The Hall–Kier alpha value is -3.55. The van der Waals surface area contributed by atoms with E-state index in [1.165, 1.54) is 4.90 Å². The van der Waals surface area contributed by atoms with Crippen molar-refractivity contribution in [3.63, 3.8) is 0 Å². The number of hydrogen-bond acceptors (Lipinski definition) is 5. The van der Waals surface area contributed by atoms with Crippen LogP contribution in [0.1, 0.15) is 37.9 Å². The van der Waals surface area contributed by atoms with Gasteiger partial charge in [-0.3, -0.25) is 19.4 Å². The molecule has 0 radical (unpaired) electrons. The molecule has 0 saturated heterocycles. The van der Waals surface area contributed by atoms with Gasteiger partial charge < -0.3 is 16.0 Å². The maximum atomic E-state index is 13.2. The molecule has 2 atom stereocenters. The van der Waals surface area contributed by atoms with E-state index in [1.54, 1.807) is 25.4 Å². The zero-order valence-corrected chi connectivity index (χ0v) is 17.9. The number of likely N-dealkylation sites (N-methyl/N-ethyl adjacent to an activating group) is 1. The largest absolute Gasteiger partial charge is 0.370 e. The average molecular weight is 422 g/mol. The number of benzodiazepines with no additional fused rings is 1. The first-order valence-corrected chi connectivity index (χ1v) is 10.2. The number of aliphatic imine (C=N–C) groups is 1. The van der Waals surface area contributed by atoms with Crippen molar-refractivity contribution in [3.8, 4) is 0 Å². The molecule has 1 aromatic carbocycles. The molecule has 0 saturated carbocycles. The predicted octanol–water partition coefficient (Wildman–Crippen LogP) is 1.88. The molecule has 8 nitrogen and oxygen atoms in total. The summed E-state index contributed by atoms with van der Waals surface area (Å²) in [6, 6.07) is 12.8. The van der Waals surface area contributed by atoms with Gasteiger partial charge in [0, 0.05) is 31.1 Å². The second-order valence-corrected chi connectivity index (χ2v) is 8.02. The fourth-order valence-electron chi connectivity index (χ4n) is 3.67. The first-order valence-electron chi connectivity index (χ1n) is 10.2. The summed E-state index contributed by atoms with van der Waals surface area (Å²) in [5.74, 6) is -1.81. The number of aromatic nitrogens is 1. The number of anilines is 1. The number of fused-ring (bicyclic) bond motifs is 1. The van der Waals surface area contributed by atoms with Gasteiger partial charge in [0.1, 0.15) is 0 Å². The Morgan fingerprint density at radius 1 is 1.16 bits per heavy atom. The van der Waals surface area contributed by atoms with E-state index in [2.05, 4.69) is 15.3 Å². The fourth-order valence-corrected chi connectivity index (χ4v) is 3.67. The molecule has 31 heavy (non-hydrogen) atoms. The molecule has 0 fully saturated rings. The lowest BCUT2D eigenvalue weighted by molar-refractivity contribution is -0.132. The maximum Gasteiger partial charge on any atom is 0.272 e. The van der Waals surface area contributed by atoms with Crippen molar-refractivity contribution >= 4 is 29.1 Å². The number of primary amides is 1. The standard InChI is InChI=1S/C23H27N5O3/c1-14(2)12-15(13-19(24)29)22(30)27-21-23(31)28(3)18-10-5-4-8-16(18)20(26-21)17-9-6-7-11-25-17/h4-11,14-15,21H,12-13H2,1-3H3,(H2,24,29)(H,27,30)/t15-,21?/m1/s1. The average Bonchev–Trinajstić information content (AvgIpc) is 2.84. The molecule has 0 aliphatic carbocycles. The summed E-state index contributed by atoms with van der Waals surface area (Å²) in [5, 5.41) is 2.73. The second-order valence-electron chi connectivity index (χ2n) is 8.02. The van der Waals surface area contributed by atoms with Crippen molar-refractivity contribution < 1.29 is 14.4 Å². The minimum Gasteiger partial charge on any atom is -0.370 e. The second kappa shape index (κ2) is 9.51. The third-order valence-corrected chi connectivity index (χ3v) is 5.10. The summed E-state index contributed by atoms with van der Waals surface area (Å²) in [7, 11) is 1.65. The van der Waals surface area contributed by atoms with Crippen LogP contribution < -0.4 is 16.0 Å². The zero-order chi connectivity index (χ0) is 22.5. The quantitative estimate of drug-likeness (QED) is 0.709. The van der Waals surface area contributed by atoms with E-state index >= 15 is 0 Å². The van der Waals surface area contributed by atoms with Crippen molar-refractivity contribution in [2.75, 3.05) is 11.9 Å². The Kier molecular flexibility index (Phi) is 6.79. The molecule has 3 rings (SSSR count). The van der Waals surface area contributed by atoms with E-state index in [0.29, 0.717) is 23.5 Å². The van der Waals surface area contributed by atoms with Gasteiger partial charge in [-0.05, 0) is 30.5 Å². The highest BCUT2D eigenvalue weighted by Crippen LogP contribution is 2.27. The third-order valence-electron chi connectivity index (χ3n) is 5.10. The van der Waals surface area contributed by atoms with Crippen LogP contribution in [0.2, 0.25) is 0 Å². The van der Waals surface area contributed by atoms with Gasteiger partial charge in [0.25, 0.3) is 5.91 Å². The number of benzene rings is 1. The van der Waals surface area contributed by atoms with E-state index in [1.807, 2.05) is 44.2 Å². The van der Waals surface area contributed by atoms with Crippen molar-refractivity contribution in [2.45, 2.75) is 32.9 Å². The van der Waals surface area contributed by atoms with Crippen LogP contribution in [0, 0.1) is 11.8 Å². The summed E-state index contributed by atoms with van der Waals surface area (Å²) in [6.07, 6.45) is 0.889. The molecule has 8 heteroatoms. The van der Waals surface area contributed by atoms with Crippen molar-refractivity contribution in [1.29, 1.82) is 0 Å². The maximum absolute atomic E-state index is 13.2. The summed E-state index contributed by atoms with van der Waals surface area (Å²) in [5.41, 5.74) is 7.85. The molecule has 0 spiro atoms. The van der Waals surface area contributed by atoms with Crippen LogP contribution in [0.3, 0.4) is 0 Å². The predicted molar refractivity (Wildman–Crippen MR) is 118 cm³/mol. The highest BCUT2D eigenvalue weighted by molar-refractivity contribution is 6.19. The molecule has 1 aliphatic heterocycles. The van der Waals surface area contributed by atoms with Crippen LogP contribution in [0.4, 0.5) is 5.69 Å². The lowest BCUT2D eigenvalue weighted by atomic mass is 9.93. The molecule has 1 aliphatic rings. The van der Waals surface area contributed by atoms with Crippen LogP contribution in [0.15, 0.2) is 53.7 Å². The minimum absolute atomic E-state index is 0.0855. The molecule has 0 bridgehead atoms. The van der Waals surface area contributed by atoms with E-state index in [-0.39, 0.29) is 18.2 Å². The van der Waals surface area contributed by atoms with Crippen LogP contribution in [-0.4, -0.2) is 41.6 Å². The Morgan fingerprint density at radius 2 is 1.87 bits per heavy atom. The summed E-state index contributed by atoms with van der Waals surface area (Å²) < 4.78 is 0. The number of nitrogens with two attached hydrogens (primary N) is 1. The molecule has 1 unspecified atom stereocenters. The van der Waals surface area contributed by atoms with E-state index < -0.39 is 23.9 Å². The topological polar surface area (TPSA) is 118 Å². The SMILES string of the molecule is CC(C)C[C@H](CC(N)=O)C(=O)NC1N=C(c2ccccn2)c2ccccc2N(C)C1=O. The highest BCUT2D eigenvalue weighted by Gasteiger charge is 2.33. The molecule has 162 valence electrons. The number of hydrogen-bond donors (Lipinski definition) is 2. The number of amides is 3. The van der Waals surface area contributed by atoms with Crippen LogP contribution >= 0.6 is 0 Å². The lowest BCUT2D eigenvalue weighted by Gasteiger charge is -2.23. The number of pyridine rings is 1. The highest BCUT2D eigenvalue weighted by atomic mass is 16.2. The van der Waals surface area contributed by atoms with Gasteiger partial charge in [-0.2, -0.15) is 0 Å². The molecular formula is C23H27N5O3. The molecule has 3 N–H and O–H groups in total. The number of carbonyl (C=O) groups is 3. The lowest BCUT2D eigenvalue weighted by Crippen LogP contribution is -2.48. The first kappa shape index (κ1) is 22.1. The number of nitrogens with one attached hydrogen (secondary N) is 1. The van der Waals surface area contributed by atoms with Crippen LogP contribution in [-0.2, 0) is 14.4 Å². The Labute approximate surface area is 181 Å². The number of nitrogens with zero attached hydrogens (tertiary/aromatic N) is 3. The summed E-state index contributed by atoms with van der Waals surface area (Å²) in [4.78, 5) is 48.1. The van der Waals surface area contributed by atoms with Gasteiger partial charge in [-0.1, -0.05) is 38.1 Å². The van der Waals surface area contributed by atoms with Crippen molar-refractivity contribution in [1.82, 2.24) is 10.3 Å². The molecule has 2 heterocycles. The van der Waals surface area contributed by atoms with Crippen molar-refractivity contribution in [2.24, 2.45) is 22.6 Å².